The van der Waals surface area contributed by atoms with Crippen molar-refractivity contribution >= 4 is 33.7 Å². The summed E-state index contributed by atoms with van der Waals surface area (Å²) in [6.07, 6.45) is 3.16. The van der Waals surface area contributed by atoms with Crippen LogP contribution in [0.5, 0.6) is 11.5 Å². The number of hydrogen-bond donors (Lipinski definition) is 1. The van der Waals surface area contributed by atoms with Gasteiger partial charge in [-0.05, 0) is 54.0 Å². The van der Waals surface area contributed by atoms with E-state index < -0.39 is 0 Å². The van der Waals surface area contributed by atoms with Crippen LogP contribution in [0.1, 0.15) is 18.1 Å². The molecule has 1 N–H and O–H groups in total. The zero-order chi connectivity index (χ0) is 20.4. The number of amides is 1. The van der Waals surface area contributed by atoms with Gasteiger partial charge in [-0.25, -0.2) is 0 Å². The molecule has 0 aliphatic rings. The largest absolute Gasteiger partial charge is 0.490 e. The Morgan fingerprint density at radius 3 is 2.68 bits per heavy atom. The van der Waals surface area contributed by atoms with Gasteiger partial charge in [0.2, 0.25) is 0 Å². The van der Waals surface area contributed by atoms with Crippen molar-refractivity contribution in [1.29, 1.82) is 0 Å². The van der Waals surface area contributed by atoms with Gasteiger partial charge in [0.15, 0.2) is 18.1 Å². The SMILES string of the molecule is C=CCOc1c(Br)cc(C=NOCC(=O)Nc2ccc(C)cc2)cc1OCC. The Balaban J connectivity index is 1.94. The van der Waals surface area contributed by atoms with E-state index in [1.54, 1.807) is 12.1 Å². The van der Waals surface area contributed by atoms with Crippen LogP contribution in [0.2, 0.25) is 0 Å². The first-order chi connectivity index (χ1) is 13.5. The van der Waals surface area contributed by atoms with E-state index in [0.717, 1.165) is 15.6 Å². The Hall–Kier alpha value is -2.80. The van der Waals surface area contributed by atoms with Gasteiger partial charge in [-0.1, -0.05) is 35.5 Å². The lowest BCUT2D eigenvalue weighted by Gasteiger charge is -2.13. The summed E-state index contributed by atoms with van der Waals surface area (Å²) in [6.45, 7) is 8.18. The third kappa shape index (κ3) is 6.74. The molecule has 0 saturated carbocycles. The van der Waals surface area contributed by atoms with Crippen molar-refractivity contribution in [1.82, 2.24) is 0 Å². The van der Waals surface area contributed by atoms with Crippen molar-refractivity contribution in [2.75, 3.05) is 25.1 Å². The van der Waals surface area contributed by atoms with E-state index in [1.807, 2.05) is 44.2 Å². The normalized spacial score (nSPS) is 10.5. The van der Waals surface area contributed by atoms with Crippen LogP contribution in [-0.2, 0) is 9.63 Å². The molecule has 0 aromatic heterocycles. The molecule has 0 spiro atoms. The van der Waals surface area contributed by atoms with E-state index in [2.05, 4.69) is 33.0 Å². The highest BCUT2D eigenvalue weighted by Gasteiger charge is 2.11. The van der Waals surface area contributed by atoms with Gasteiger partial charge >= 0.3 is 0 Å². The standard InChI is InChI=1S/C21H23BrN2O4/c1-4-10-27-21-18(22)11-16(12-19(21)26-5-2)13-23-28-14-20(25)24-17-8-6-15(3)7-9-17/h4,6-9,11-13H,1,5,10,14H2,2-3H3,(H,24,25). The molecule has 0 saturated heterocycles. The molecule has 0 unspecified atom stereocenters. The van der Waals surface area contributed by atoms with Crippen molar-refractivity contribution in [2.45, 2.75) is 13.8 Å². The maximum Gasteiger partial charge on any atom is 0.265 e. The molecule has 28 heavy (non-hydrogen) atoms. The Kier molecular flexibility index (Phi) is 8.55. The number of aryl methyl sites for hydroxylation is 1. The zero-order valence-corrected chi connectivity index (χ0v) is 17.5. The maximum absolute atomic E-state index is 11.9. The minimum atomic E-state index is -0.287. The van der Waals surface area contributed by atoms with Crippen molar-refractivity contribution in [3.05, 3.63) is 64.7 Å². The highest BCUT2D eigenvalue weighted by atomic mass is 79.9. The predicted octanol–water partition coefficient (Wildman–Crippen LogP) is 4.71. The molecule has 2 rings (SSSR count). The van der Waals surface area contributed by atoms with Crippen molar-refractivity contribution in [2.24, 2.45) is 5.16 Å². The smallest absolute Gasteiger partial charge is 0.265 e. The monoisotopic (exact) mass is 446 g/mol. The van der Waals surface area contributed by atoms with Crippen LogP contribution in [0.15, 0.2) is 58.7 Å². The summed E-state index contributed by atoms with van der Waals surface area (Å²) in [5.74, 6) is 0.889. The molecular formula is C21H23BrN2O4. The van der Waals surface area contributed by atoms with E-state index in [1.165, 1.54) is 6.21 Å². The summed E-state index contributed by atoms with van der Waals surface area (Å²) in [5, 5.41) is 6.59. The lowest BCUT2D eigenvalue weighted by Crippen LogP contribution is -2.16. The van der Waals surface area contributed by atoms with Gasteiger partial charge in [-0.2, -0.15) is 0 Å². The molecule has 148 valence electrons. The molecule has 0 radical (unpaired) electrons. The number of halogens is 1. The summed E-state index contributed by atoms with van der Waals surface area (Å²) in [5.41, 5.74) is 2.57. The van der Waals surface area contributed by atoms with Crippen LogP contribution in [0.3, 0.4) is 0 Å². The van der Waals surface area contributed by atoms with Crippen molar-refractivity contribution < 1.29 is 19.1 Å². The fraction of sp³-hybridized carbons (Fsp3) is 0.238. The summed E-state index contributed by atoms with van der Waals surface area (Å²) in [4.78, 5) is 17.0. The van der Waals surface area contributed by atoms with Crippen LogP contribution in [-0.4, -0.2) is 31.9 Å². The maximum atomic E-state index is 11.9. The van der Waals surface area contributed by atoms with E-state index >= 15 is 0 Å². The number of nitrogens with zero attached hydrogens (tertiary/aromatic N) is 1. The van der Waals surface area contributed by atoms with Gasteiger partial charge in [0.1, 0.15) is 6.61 Å². The van der Waals surface area contributed by atoms with Crippen LogP contribution in [0.25, 0.3) is 0 Å². The number of ether oxygens (including phenoxy) is 2. The second-order valence-corrected chi connectivity index (χ2v) is 6.64. The van der Waals surface area contributed by atoms with Gasteiger partial charge in [0, 0.05) is 11.3 Å². The van der Waals surface area contributed by atoms with E-state index in [9.17, 15) is 4.79 Å². The Bertz CT molecular complexity index is 835. The third-order valence-corrected chi connectivity index (χ3v) is 4.07. The average molecular weight is 447 g/mol. The summed E-state index contributed by atoms with van der Waals surface area (Å²) < 4.78 is 12.0. The number of anilines is 1. The van der Waals surface area contributed by atoms with Gasteiger partial charge < -0.3 is 19.6 Å². The summed E-state index contributed by atoms with van der Waals surface area (Å²) >= 11 is 3.47. The topological polar surface area (TPSA) is 69.2 Å². The molecule has 0 aliphatic heterocycles. The molecule has 0 bridgehead atoms. The molecule has 0 fully saturated rings. The quantitative estimate of drug-likeness (QED) is 0.326. The highest BCUT2D eigenvalue weighted by molar-refractivity contribution is 9.10. The molecule has 0 atom stereocenters. The molecule has 7 heteroatoms. The fourth-order valence-electron chi connectivity index (χ4n) is 2.24. The first-order valence-electron chi connectivity index (χ1n) is 8.75. The Labute approximate surface area is 173 Å². The zero-order valence-electron chi connectivity index (χ0n) is 15.9. The van der Waals surface area contributed by atoms with E-state index in [-0.39, 0.29) is 12.5 Å². The molecule has 6 nitrogen and oxygen atoms in total. The lowest BCUT2D eigenvalue weighted by atomic mass is 10.2. The average Bonchev–Trinajstić information content (AvgIpc) is 2.67. The van der Waals surface area contributed by atoms with Crippen LogP contribution in [0, 0.1) is 6.92 Å². The Morgan fingerprint density at radius 2 is 2.00 bits per heavy atom. The molecule has 1 amide bonds. The lowest BCUT2D eigenvalue weighted by molar-refractivity contribution is -0.120. The molecular weight excluding hydrogens is 424 g/mol. The number of hydrogen-bond acceptors (Lipinski definition) is 5. The summed E-state index contributed by atoms with van der Waals surface area (Å²) in [7, 11) is 0. The number of oxime groups is 1. The van der Waals surface area contributed by atoms with Gasteiger partial charge in [0.05, 0.1) is 17.3 Å². The molecule has 0 heterocycles. The number of carbonyl (C=O) groups excluding carboxylic acids is 1. The first kappa shape index (κ1) is 21.5. The number of rotatable bonds is 10. The van der Waals surface area contributed by atoms with Crippen LogP contribution < -0.4 is 14.8 Å². The highest BCUT2D eigenvalue weighted by Crippen LogP contribution is 2.36. The Morgan fingerprint density at radius 1 is 1.25 bits per heavy atom. The molecule has 2 aromatic rings. The minimum Gasteiger partial charge on any atom is -0.490 e. The fourth-order valence-corrected chi connectivity index (χ4v) is 2.81. The number of benzene rings is 2. The van der Waals surface area contributed by atoms with Crippen LogP contribution in [0.4, 0.5) is 5.69 Å². The van der Waals surface area contributed by atoms with E-state index in [4.69, 9.17) is 14.3 Å². The van der Waals surface area contributed by atoms with Gasteiger partial charge in [0.25, 0.3) is 5.91 Å². The third-order valence-electron chi connectivity index (χ3n) is 3.48. The predicted molar refractivity (Wildman–Crippen MR) is 114 cm³/mol. The van der Waals surface area contributed by atoms with Crippen LogP contribution >= 0.6 is 15.9 Å². The van der Waals surface area contributed by atoms with Crippen molar-refractivity contribution in [3.8, 4) is 11.5 Å². The second-order valence-electron chi connectivity index (χ2n) is 5.78. The second kappa shape index (κ2) is 11.1. The summed E-state index contributed by atoms with van der Waals surface area (Å²) in [6, 6.07) is 11.1. The van der Waals surface area contributed by atoms with Crippen molar-refractivity contribution in [3.63, 3.8) is 0 Å². The van der Waals surface area contributed by atoms with Gasteiger partial charge in [-0.15, -0.1) is 0 Å². The minimum absolute atomic E-state index is 0.190. The molecule has 2 aromatic carbocycles. The number of nitrogens with one attached hydrogen (secondary N) is 1. The van der Waals surface area contributed by atoms with Gasteiger partial charge in [-0.3, -0.25) is 4.79 Å². The number of carbonyl (C=O) groups is 1. The first-order valence-corrected chi connectivity index (χ1v) is 9.54. The molecule has 0 aliphatic carbocycles. The van der Waals surface area contributed by atoms with E-state index in [0.29, 0.717) is 30.4 Å².